The average Bonchev–Trinajstić information content (AvgIpc) is 3.25. The van der Waals surface area contributed by atoms with Gasteiger partial charge in [0.15, 0.2) is 5.65 Å². The van der Waals surface area contributed by atoms with Crippen molar-refractivity contribution in [3.63, 3.8) is 0 Å². The van der Waals surface area contributed by atoms with Gasteiger partial charge in [0.05, 0.1) is 5.39 Å². The van der Waals surface area contributed by atoms with Crippen molar-refractivity contribution >= 4 is 27.2 Å². The van der Waals surface area contributed by atoms with Crippen LogP contribution in [-0.2, 0) is 0 Å². The topological polar surface area (TPSA) is 75.9 Å². The van der Waals surface area contributed by atoms with Gasteiger partial charge < -0.3 is 4.98 Å². The van der Waals surface area contributed by atoms with E-state index in [1.165, 1.54) is 5.56 Å². The first-order valence-corrected chi connectivity index (χ1v) is 9.32. The molecule has 0 saturated heterocycles. The third-order valence-electron chi connectivity index (χ3n) is 4.65. The lowest BCUT2D eigenvalue weighted by Crippen LogP contribution is -2.09. The number of aromatic nitrogens is 5. The molecule has 0 bridgehead atoms. The van der Waals surface area contributed by atoms with Crippen LogP contribution < -0.4 is 5.56 Å². The summed E-state index contributed by atoms with van der Waals surface area (Å²) in [6, 6.07) is 12.0. The summed E-state index contributed by atoms with van der Waals surface area (Å²) in [6.07, 6.45) is 3.49. The zero-order valence-corrected chi connectivity index (χ0v) is 15.5. The lowest BCUT2D eigenvalue weighted by molar-refractivity contribution is 1.10. The van der Waals surface area contributed by atoms with E-state index in [9.17, 15) is 4.79 Å². The predicted octanol–water partition coefficient (Wildman–Crippen LogP) is 3.98. The van der Waals surface area contributed by atoms with Crippen LogP contribution in [0.15, 0.2) is 53.7 Å². The fourth-order valence-electron chi connectivity index (χ4n) is 3.29. The number of aromatic amines is 1. The quantitative estimate of drug-likeness (QED) is 0.508. The number of H-pyrrole nitrogens is 1. The summed E-state index contributed by atoms with van der Waals surface area (Å²) >= 11 is 1.54. The van der Waals surface area contributed by atoms with Gasteiger partial charge in [-0.2, -0.15) is 0 Å². The van der Waals surface area contributed by atoms with E-state index in [1.54, 1.807) is 17.7 Å². The van der Waals surface area contributed by atoms with Crippen molar-refractivity contribution in [2.24, 2.45) is 0 Å². The highest BCUT2D eigenvalue weighted by Gasteiger charge is 2.17. The molecule has 0 atom stereocenters. The molecule has 132 valence electrons. The SMILES string of the molecule is Cc1ccc(-c2c(C)sc3nc(-c4ccn5cnnc5c4)[nH]c(=O)c23)cc1. The number of hydrogen-bond acceptors (Lipinski definition) is 5. The van der Waals surface area contributed by atoms with Crippen LogP contribution in [0.5, 0.6) is 0 Å². The molecule has 5 aromatic rings. The molecular formula is C20H15N5OS. The standard InChI is InChI=1S/C20H15N5OS/c1-11-3-5-13(6-4-11)16-12(2)27-20-17(16)19(26)22-18(23-20)14-7-8-25-10-21-24-15(25)9-14/h3-10H,1-2H3,(H,22,23,26). The van der Waals surface area contributed by atoms with Crippen molar-refractivity contribution in [1.29, 1.82) is 0 Å². The van der Waals surface area contributed by atoms with Gasteiger partial charge >= 0.3 is 0 Å². The second-order valence-corrected chi connectivity index (χ2v) is 7.71. The molecule has 1 aromatic carbocycles. The molecule has 0 radical (unpaired) electrons. The first-order chi connectivity index (χ1) is 13.1. The van der Waals surface area contributed by atoms with Gasteiger partial charge in [-0.25, -0.2) is 4.98 Å². The Balaban J connectivity index is 1.72. The maximum Gasteiger partial charge on any atom is 0.260 e. The number of pyridine rings is 1. The Labute approximate surface area is 158 Å². The molecule has 0 amide bonds. The number of aryl methyl sites for hydroxylation is 2. The molecule has 0 aliphatic carbocycles. The number of thiophene rings is 1. The van der Waals surface area contributed by atoms with Crippen LogP contribution in [0.25, 0.3) is 38.4 Å². The fraction of sp³-hybridized carbons (Fsp3) is 0.100. The molecule has 27 heavy (non-hydrogen) atoms. The number of hydrogen-bond donors (Lipinski definition) is 1. The van der Waals surface area contributed by atoms with E-state index in [-0.39, 0.29) is 5.56 Å². The molecule has 0 unspecified atom stereocenters. The second kappa shape index (κ2) is 5.85. The molecule has 4 aromatic heterocycles. The summed E-state index contributed by atoms with van der Waals surface area (Å²) in [7, 11) is 0. The molecule has 0 saturated carbocycles. The van der Waals surface area contributed by atoms with Crippen LogP contribution in [0.2, 0.25) is 0 Å². The van der Waals surface area contributed by atoms with Gasteiger partial charge in [-0.1, -0.05) is 29.8 Å². The zero-order chi connectivity index (χ0) is 18.5. The first-order valence-electron chi connectivity index (χ1n) is 8.50. The Bertz CT molecular complexity index is 1360. The minimum Gasteiger partial charge on any atom is -0.306 e. The predicted molar refractivity (Wildman–Crippen MR) is 107 cm³/mol. The maximum atomic E-state index is 12.9. The lowest BCUT2D eigenvalue weighted by atomic mass is 10.0. The minimum absolute atomic E-state index is 0.128. The first kappa shape index (κ1) is 15.9. The largest absolute Gasteiger partial charge is 0.306 e. The number of nitrogens with one attached hydrogen (secondary N) is 1. The summed E-state index contributed by atoms with van der Waals surface area (Å²) in [4.78, 5) is 22.4. The molecule has 5 rings (SSSR count). The number of benzene rings is 1. The van der Waals surface area contributed by atoms with E-state index in [4.69, 9.17) is 4.98 Å². The van der Waals surface area contributed by atoms with Crippen molar-refractivity contribution in [3.05, 3.63) is 69.7 Å². The molecule has 0 aliphatic rings. The lowest BCUT2D eigenvalue weighted by Gasteiger charge is -2.04. The van der Waals surface area contributed by atoms with Crippen LogP contribution in [0, 0.1) is 13.8 Å². The van der Waals surface area contributed by atoms with Gasteiger partial charge in [0.25, 0.3) is 5.56 Å². The van der Waals surface area contributed by atoms with E-state index in [2.05, 4.69) is 46.4 Å². The molecule has 0 fully saturated rings. The van der Waals surface area contributed by atoms with Crippen LogP contribution in [0.3, 0.4) is 0 Å². The highest BCUT2D eigenvalue weighted by Crippen LogP contribution is 2.36. The normalized spacial score (nSPS) is 11.5. The Morgan fingerprint density at radius 2 is 1.89 bits per heavy atom. The van der Waals surface area contributed by atoms with E-state index < -0.39 is 0 Å². The van der Waals surface area contributed by atoms with E-state index in [1.807, 2.05) is 29.7 Å². The van der Waals surface area contributed by atoms with Crippen molar-refractivity contribution in [1.82, 2.24) is 24.6 Å². The Morgan fingerprint density at radius 1 is 1.07 bits per heavy atom. The summed E-state index contributed by atoms with van der Waals surface area (Å²) in [5.41, 5.74) is 4.57. The van der Waals surface area contributed by atoms with E-state index >= 15 is 0 Å². The molecule has 0 aliphatic heterocycles. The molecular weight excluding hydrogens is 358 g/mol. The van der Waals surface area contributed by atoms with Crippen molar-refractivity contribution in [3.8, 4) is 22.5 Å². The third-order valence-corrected chi connectivity index (χ3v) is 5.65. The van der Waals surface area contributed by atoms with Crippen molar-refractivity contribution in [2.45, 2.75) is 13.8 Å². The van der Waals surface area contributed by atoms with Crippen LogP contribution in [0.4, 0.5) is 0 Å². The van der Waals surface area contributed by atoms with Gasteiger partial charge in [-0.05, 0) is 31.5 Å². The van der Waals surface area contributed by atoms with Crippen molar-refractivity contribution < 1.29 is 0 Å². The van der Waals surface area contributed by atoms with Gasteiger partial charge in [-0.15, -0.1) is 21.5 Å². The fourth-order valence-corrected chi connectivity index (χ4v) is 4.33. The third kappa shape index (κ3) is 2.55. The Morgan fingerprint density at radius 3 is 2.70 bits per heavy atom. The number of rotatable bonds is 2. The van der Waals surface area contributed by atoms with Crippen LogP contribution in [0.1, 0.15) is 10.4 Å². The number of nitrogens with zero attached hydrogens (tertiary/aromatic N) is 4. The molecule has 6 nitrogen and oxygen atoms in total. The van der Waals surface area contributed by atoms with Gasteiger partial charge in [0, 0.05) is 22.2 Å². The van der Waals surface area contributed by atoms with E-state index in [0.717, 1.165) is 26.4 Å². The molecule has 0 spiro atoms. The molecule has 7 heteroatoms. The van der Waals surface area contributed by atoms with Crippen molar-refractivity contribution in [2.75, 3.05) is 0 Å². The zero-order valence-electron chi connectivity index (χ0n) is 14.7. The van der Waals surface area contributed by atoms with Gasteiger partial charge in [0.1, 0.15) is 17.0 Å². The summed E-state index contributed by atoms with van der Waals surface area (Å²) < 4.78 is 1.81. The van der Waals surface area contributed by atoms with Gasteiger partial charge in [-0.3, -0.25) is 9.20 Å². The van der Waals surface area contributed by atoms with Crippen LogP contribution >= 0.6 is 11.3 Å². The highest BCUT2D eigenvalue weighted by atomic mass is 32.1. The summed E-state index contributed by atoms with van der Waals surface area (Å²) in [5.74, 6) is 0.537. The second-order valence-electron chi connectivity index (χ2n) is 6.51. The Hall–Kier alpha value is -3.32. The minimum atomic E-state index is -0.128. The average molecular weight is 373 g/mol. The monoisotopic (exact) mass is 373 g/mol. The number of fused-ring (bicyclic) bond motifs is 2. The maximum absolute atomic E-state index is 12.9. The highest BCUT2D eigenvalue weighted by molar-refractivity contribution is 7.19. The summed E-state index contributed by atoms with van der Waals surface area (Å²) in [6.45, 7) is 4.08. The molecule has 4 heterocycles. The molecule has 1 N–H and O–H groups in total. The van der Waals surface area contributed by atoms with Gasteiger partial charge in [0.2, 0.25) is 0 Å². The smallest absolute Gasteiger partial charge is 0.260 e. The van der Waals surface area contributed by atoms with Crippen LogP contribution in [-0.4, -0.2) is 24.6 Å². The summed E-state index contributed by atoms with van der Waals surface area (Å²) in [5, 5.41) is 8.58. The Kier molecular flexibility index (Phi) is 3.45. The van der Waals surface area contributed by atoms with E-state index in [0.29, 0.717) is 16.9 Å².